The van der Waals surface area contributed by atoms with Crippen molar-refractivity contribution < 1.29 is 9.90 Å². The summed E-state index contributed by atoms with van der Waals surface area (Å²) < 4.78 is 0. The molecule has 1 aromatic heterocycles. The van der Waals surface area contributed by atoms with E-state index >= 15 is 0 Å². The van der Waals surface area contributed by atoms with Gasteiger partial charge in [0.25, 0.3) is 0 Å². The lowest BCUT2D eigenvalue weighted by Gasteiger charge is -2.02. The van der Waals surface area contributed by atoms with Gasteiger partial charge in [-0.15, -0.1) is 0 Å². The van der Waals surface area contributed by atoms with E-state index in [1.807, 2.05) is 24.3 Å². The van der Waals surface area contributed by atoms with Gasteiger partial charge in [-0.2, -0.15) is 0 Å². The summed E-state index contributed by atoms with van der Waals surface area (Å²) in [4.78, 5) is 14.6. The second kappa shape index (κ2) is 4.81. The van der Waals surface area contributed by atoms with E-state index in [4.69, 9.17) is 5.11 Å². The Balaban J connectivity index is 2.12. The lowest BCUT2D eigenvalue weighted by atomic mass is 10.2. The molecule has 1 aromatic carbocycles. The lowest BCUT2D eigenvalue weighted by molar-refractivity contribution is -0.116. The maximum Gasteiger partial charge on any atom is 0.224 e. The van der Waals surface area contributed by atoms with Crippen molar-refractivity contribution in [2.75, 3.05) is 11.9 Å². The van der Waals surface area contributed by atoms with E-state index < -0.39 is 0 Å². The molecule has 1 heterocycles. The van der Waals surface area contributed by atoms with E-state index in [1.165, 1.54) is 0 Å². The van der Waals surface area contributed by atoms with Crippen LogP contribution in [0, 0.1) is 0 Å². The minimum absolute atomic E-state index is 0.0430. The van der Waals surface area contributed by atoms with Crippen molar-refractivity contribution >= 4 is 22.5 Å². The smallest absolute Gasteiger partial charge is 0.224 e. The molecule has 1 amide bonds. The standard InChI is InChI=1S/C12H14N2O2/c15-7-3-6-12(16)14-11-8-13-10-5-2-1-4-9(10)11/h1-2,4-5,8,13,15H,3,6-7H2,(H,14,16). The Morgan fingerprint density at radius 1 is 1.38 bits per heavy atom. The van der Waals surface area contributed by atoms with Crippen molar-refractivity contribution in [2.24, 2.45) is 0 Å². The van der Waals surface area contributed by atoms with Crippen LogP contribution in [0.2, 0.25) is 0 Å². The Morgan fingerprint density at radius 3 is 3.00 bits per heavy atom. The largest absolute Gasteiger partial charge is 0.396 e. The van der Waals surface area contributed by atoms with Gasteiger partial charge in [-0.3, -0.25) is 4.79 Å². The summed E-state index contributed by atoms with van der Waals surface area (Å²) in [5, 5.41) is 12.4. The minimum atomic E-state index is -0.0706. The number of aromatic amines is 1. The van der Waals surface area contributed by atoms with Gasteiger partial charge in [0.05, 0.1) is 5.69 Å². The molecular formula is C12H14N2O2. The first kappa shape index (κ1) is 10.7. The fraction of sp³-hybridized carbons (Fsp3) is 0.250. The first-order valence-corrected chi connectivity index (χ1v) is 5.28. The van der Waals surface area contributed by atoms with E-state index in [2.05, 4.69) is 10.3 Å². The summed E-state index contributed by atoms with van der Waals surface area (Å²) in [6, 6.07) is 7.78. The van der Waals surface area contributed by atoms with Gasteiger partial charge >= 0.3 is 0 Å². The van der Waals surface area contributed by atoms with Gasteiger partial charge in [0.1, 0.15) is 0 Å². The Labute approximate surface area is 93.3 Å². The molecule has 84 valence electrons. The average Bonchev–Trinajstić information content (AvgIpc) is 2.70. The first-order chi connectivity index (χ1) is 7.81. The Morgan fingerprint density at radius 2 is 2.19 bits per heavy atom. The maximum atomic E-state index is 11.5. The number of rotatable bonds is 4. The van der Waals surface area contributed by atoms with Gasteiger partial charge in [-0.05, 0) is 12.5 Å². The van der Waals surface area contributed by atoms with E-state index in [1.54, 1.807) is 6.20 Å². The summed E-state index contributed by atoms with van der Waals surface area (Å²) >= 11 is 0. The van der Waals surface area contributed by atoms with Gasteiger partial charge in [0.15, 0.2) is 0 Å². The number of aromatic nitrogens is 1. The van der Waals surface area contributed by atoms with E-state index in [0.29, 0.717) is 12.8 Å². The van der Waals surface area contributed by atoms with Gasteiger partial charge in [-0.25, -0.2) is 0 Å². The summed E-state index contributed by atoms with van der Waals surface area (Å²) in [6.45, 7) is 0.0430. The van der Waals surface area contributed by atoms with Gasteiger partial charge < -0.3 is 15.4 Å². The molecule has 16 heavy (non-hydrogen) atoms. The van der Waals surface area contributed by atoms with Crippen LogP contribution in [0.25, 0.3) is 10.9 Å². The Hall–Kier alpha value is -1.81. The average molecular weight is 218 g/mol. The molecular weight excluding hydrogens is 204 g/mol. The number of amides is 1. The van der Waals surface area contributed by atoms with Gasteiger partial charge in [0, 0.05) is 30.1 Å². The molecule has 0 atom stereocenters. The van der Waals surface area contributed by atoms with Crippen LogP contribution in [0.3, 0.4) is 0 Å². The predicted molar refractivity (Wildman–Crippen MR) is 63.2 cm³/mol. The molecule has 2 aromatic rings. The predicted octanol–water partition coefficient (Wildman–Crippen LogP) is 1.88. The lowest BCUT2D eigenvalue weighted by Crippen LogP contribution is -2.11. The summed E-state index contributed by atoms with van der Waals surface area (Å²) in [7, 11) is 0. The maximum absolute atomic E-state index is 11.5. The van der Waals surface area contributed by atoms with Crippen molar-refractivity contribution in [1.82, 2.24) is 4.98 Å². The van der Waals surface area contributed by atoms with Crippen LogP contribution in [0.5, 0.6) is 0 Å². The molecule has 0 unspecified atom stereocenters. The second-order valence-electron chi connectivity index (χ2n) is 3.62. The zero-order valence-corrected chi connectivity index (χ0v) is 8.86. The monoisotopic (exact) mass is 218 g/mol. The van der Waals surface area contributed by atoms with Crippen molar-refractivity contribution in [3.05, 3.63) is 30.5 Å². The number of aliphatic hydroxyl groups is 1. The minimum Gasteiger partial charge on any atom is -0.396 e. The number of aliphatic hydroxyl groups excluding tert-OH is 1. The summed E-state index contributed by atoms with van der Waals surface area (Å²) in [5.41, 5.74) is 1.79. The number of carbonyl (C=O) groups is 1. The third-order valence-corrected chi connectivity index (χ3v) is 2.43. The van der Waals surface area contributed by atoms with Crippen LogP contribution >= 0.6 is 0 Å². The highest BCUT2D eigenvalue weighted by Crippen LogP contribution is 2.22. The van der Waals surface area contributed by atoms with Crippen molar-refractivity contribution in [3.8, 4) is 0 Å². The van der Waals surface area contributed by atoms with E-state index in [-0.39, 0.29) is 12.5 Å². The molecule has 0 aliphatic rings. The van der Waals surface area contributed by atoms with Crippen molar-refractivity contribution in [3.63, 3.8) is 0 Å². The fourth-order valence-corrected chi connectivity index (χ4v) is 1.63. The zero-order valence-electron chi connectivity index (χ0n) is 8.86. The number of hydrogen-bond acceptors (Lipinski definition) is 2. The number of para-hydroxylation sites is 1. The number of benzene rings is 1. The number of fused-ring (bicyclic) bond motifs is 1. The molecule has 0 fully saturated rings. The SMILES string of the molecule is O=C(CCCO)Nc1c[nH]c2ccccc12. The van der Waals surface area contributed by atoms with Crippen LogP contribution in [0.1, 0.15) is 12.8 Å². The van der Waals surface area contributed by atoms with Crippen LogP contribution in [0.15, 0.2) is 30.5 Å². The van der Waals surface area contributed by atoms with Crippen molar-refractivity contribution in [2.45, 2.75) is 12.8 Å². The second-order valence-corrected chi connectivity index (χ2v) is 3.62. The molecule has 0 aliphatic carbocycles. The van der Waals surface area contributed by atoms with E-state index in [0.717, 1.165) is 16.6 Å². The molecule has 0 radical (unpaired) electrons. The number of carbonyl (C=O) groups excluding carboxylic acids is 1. The molecule has 0 aliphatic heterocycles. The third kappa shape index (κ3) is 2.23. The zero-order chi connectivity index (χ0) is 11.4. The highest BCUT2D eigenvalue weighted by molar-refractivity contribution is 6.01. The number of H-pyrrole nitrogens is 1. The number of anilines is 1. The molecule has 0 saturated carbocycles. The Bertz CT molecular complexity index is 490. The van der Waals surface area contributed by atoms with Crippen LogP contribution in [0.4, 0.5) is 5.69 Å². The molecule has 4 nitrogen and oxygen atoms in total. The molecule has 3 N–H and O–H groups in total. The molecule has 2 rings (SSSR count). The highest BCUT2D eigenvalue weighted by atomic mass is 16.3. The molecule has 0 spiro atoms. The molecule has 0 bridgehead atoms. The van der Waals surface area contributed by atoms with Gasteiger partial charge in [0.2, 0.25) is 5.91 Å². The van der Waals surface area contributed by atoms with Crippen LogP contribution < -0.4 is 5.32 Å². The van der Waals surface area contributed by atoms with Crippen LogP contribution in [-0.4, -0.2) is 22.6 Å². The normalized spacial score (nSPS) is 10.6. The number of nitrogens with one attached hydrogen (secondary N) is 2. The first-order valence-electron chi connectivity index (χ1n) is 5.28. The van der Waals surface area contributed by atoms with Crippen molar-refractivity contribution in [1.29, 1.82) is 0 Å². The van der Waals surface area contributed by atoms with E-state index in [9.17, 15) is 4.79 Å². The number of hydrogen-bond donors (Lipinski definition) is 3. The van der Waals surface area contributed by atoms with Crippen LogP contribution in [-0.2, 0) is 4.79 Å². The Kier molecular flexibility index (Phi) is 3.22. The topological polar surface area (TPSA) is 65.1 Å². The molecule has 4 heteroatoms. The third-order valence-electron chi connectivity index (χ3n) is 2.43. The fourth-order valence-electron chi connectivity index (χ4n) is 1.63. The highest BCUT2D eigenvalue weighted by Gasteiger charge is 2.06. The molecule has 0 saturated heterocycles. The summed E-state index contributed by atoms with van der Waals surface area (Å²) in [6.07, 6.45) is 2.62. The van der Waals surface area contributed by atoms with Gasteiger partial charge in [-0.1, -0.05) is 18.2 Å². The quantitative estimate of drug-likeness (QED) is 0.733. The summed E-state index contributed by atoms with van der Waals surface area (Å²) in [5.74, 6) is -0.0706.